The SMILES string of the molecule is CCNC(=NCCNS(=O)(=O)c1cc(C)sc1C)NCCc1nc(C)c(C)s1. The molecule has 2 aromatic rings. The molecular formula is C18H29N5O2S3. The van der Waals surface area contributed by atoms with E-state index in [-0.39, 0.29) is 6.54 Å². The molecule has 0 atom stereocenters. The van der Waals surface area contributed by atoms with E-state index in [4.69, 9.17) is 0 Å². The summed E-state index contributed by atoms with van der Waals surface area (Å²) in [5.41, 5.74) is 1.09. The van der Waals surface area contributed by atoms with Crippen LogP contribution in [0.3, 0.4) is 0 Å². The van der Waals surface area contributed by atoms with Gasteiger partial charge in [-0.05, 0) is 40.7 Å². The number of sulfonamides is 1. The summed E-state index contributed by atoms with van der Waals surface area (Å²) in [5, 5.41) is 7.55. The molecule has 10 heteroatoms. The summed E-state index contributed by atoms with van der Waals surface area (Å²) in [4.78, 5) is 12.4. The minimum atomic E-state index is -3.49. The number of hydrogen-bond acceptors (Lipinski definition) is 6. The number of aliphatic imine (C=N–C) groups is 1. The predicted octanol–water partition coefficient (Wildman–Crippen LogP) is 2.51. The maximum Gasteiger partial charge on any atom is 0.241 e. The Bertz CT molecular complexity index is 896. The van der Waals surface area contributed by atoms with Crippen molar-refractivity contribution in [3.63, 3.8) is 0 Å². The van der Waals surface area contributed by atoms with Gasteiger partial charge in [0.25, 0.3) is 0 Å². The molecule has 0 aliphatic heterocycles. The van der Waals surface area contributed by atoms with Gasteiger partial charge in [0.1, 0.15) is 0 Å². The lowest BCUT2D eigenvalue weighted by molar-refractivity contribution is 0.582. The molecule has 2 rings (SSSR count). The van der Waals surface area contributed by atoms with Gasteiger partial charge in [0.15, 0.2) is 5.96 Å². The standard InChI is InChI=1S/C18H29N5O2S3/c1-6-19-18(20-8-7-17-23-13(3)14(4)27-17)21-9-10-22-28(24,25)16-11-12(2)26-15(16)5/h11,22H,6-10H2,1-5H3,(H2,19,20,21). The number of rotatable bonds is 9. The minimum Gasteiger partial charge on any atom is -0.357 e. The first kappa shape index (κ1) is 22.8. The van der Waals surface area contributed by atoms with Gasteiger partial charge in [-0.3, -0.25) is 4.99 Å². The van der Waals surface area contributed by atoms with Crippen molar-refractivity contribution in [3.05, 3.63) is 31.4 Å². The smallest absolute Gasteiger partial charge is 0.241 e. The van der Waals surface area contributed by atoms with E-state index in [1.165, 1.54) is 16.2 Å². The van der Waals surface area contributed by atoms with Crippen LogP contribution in [0, 0.1) is 27.7 Å². The van der Waals surface area contributed by atoms with Crippen LogP contribution >= 0.6 is 22.7 Å². The largest absolute Gasteiger partial charge is 0.357 e. The van der Waals surface area contributed by atoms with E-state index in [0.29, 0.717) is 17.4 Å². The molecule has 0 bridgehead atoms. The highest BCUT2D eigenvalue weighted by atomic mass is 32.2. The second-order valence-corrected chi connectivity index (χ2v) is 10.8. The molecule has 2 aromatic heterocycles. The number of aryl methyl sites for hydroxylation is 4. The summed E-state index contributed by atoms with van der Waals surface area (Å²) >= 11 is 3.20. The normalized spacial score (nSPS) is 12.4. The van der Waals surface area contributed by atoms with Gasteiger partial charge in [0, 0.05) is 40.7 Å². The van der Waals surface area contributed by atoms with Crippen molar-refractivity contribution in [3.8, 4) is 0 Å². The molecule has 0 aliphatic rings. The quantitative estimate of drug-likeness (QED) is 0.314. The molecule has 0 radical (unpaired) electrons. The van der Waals surface area contributed by atoms with Gasteiger partial charge >= 0.3 is 0 Å². The Morgan fingerprint density at radius 1 is 1.11 bits per heavy atom. The number of guanidine groups is 1. The second kappa shape index (κ2) is 10.3. The van der Waals surface area contributed by atoms with Gasteiger partial charge in [-0.15, -0.1) is 22.7 Å². The molecule has 28 heavy (non-hydrogen) atoms. The van der Waals surface area contributed by atoms with Crippen molar-refractivity contribution in [1.82, 2.24) is 20.3 Å². The lowest BCUT2D eigenvalue weighted by Crippen LogP contribution is -2.39. The molecule has 0 aromatic carbocycles. The molecule has 0 amide bonds. The molecule has 7 nitrogen and oxygen atoms in total. The van der Waals surface area contributed by atoms with Crippen LogP contribution in [0.25, 0.3) is 0 Å². The zero-order valence-corrected chi connectivity index (χ0v) is 19.5. The van der Waals surface area contributed by atoms with Crippen molar-refractivity contribution < 1.29 is 8.42 Å². The Balaban J connectivity index is 1.83. The summed E-state index contributed by atoms with van der Waals surface area (Å²) in [6, 6.07) is 1.71. The maximum absolute atomic E-state index is 12.4. The van der Waals surface area contributed by atoms with Crippen LogP contribution in [0.5, 0.6) is 0 Å². The highest BCUT2D eigenvalue weighted by Crippen LogP contribution is 2.24. The van der Waals surface area contributed by atoms with Crippen LogP contribution in [0.2, 0.25) is 0 Å². The number of nitrogens with one attached hydrogen (secondary N) is 3. The summed E-state index contributed by atoms with van der Waals surface area (Å²) in [5.74, 6) is 0.675. The number of aromatic nitrogens is 1. The second-order valence-electron chi connectivity index (χ2n) is 6.36. The average molecular weight is 444 g/mol. The average Bonchev–Trinajstić information content (AvgIpc) is 3.13. The van der Waals surface area contributed by atoms with Crippen LogP contribution in [0.1, 0.15) is 32.3 Å². The molecule has 2 heterocycles. The van der Waals surface area contributed by atoms with Crippen LogP contribution in [0.4, 0.5) is 0 Å². The monoisotopic (exact) mass is 443 g/mol. The van der Waals surface area contributed by atoms with Crippen molar-refractivity contribution in [2.24, 2.45) is 4.99 Å². The number of hydrogen-bond donors (Lipinski definition) is 3. The first-order valence-electron chi connectivity index (χ1n) is 9.24. The van der Waals surface area contributed by atoms with E-state index < -0.39 is 10.0 Å². The van der Waals surface area contributed by atoms with Crippen molar-refractivity contribution in [2.45, 2.75) is 45.9 Å². The molecule has 0 spiro atoms. The first-order chi connectivity index (χ1) is 13.2. The lowest BCUT2D eigenvalue weighted by atomic mass is 10.4. The van der Waals surface area contributed by atoms with Crippen molar-refractivity contribution in [1.29, 1.82) is 0 Å². The van der Waals surface area contributed by atoms with E-state index in [0.717, 1.165) is 40.0 Å². The van der Waals surface area contributed by atoms with E-state index >= 15 is 0 Å². The zero-order chi connectivity index (χ0) is 20.7. The Kier molecular flexibility index (Phi) is 8.41. The summed E-state index contributed by atoms with van der Waals surface area (Å²) < 4.78 is 27.4. The van der Waals surface area contributed by atoms with Gasteiger partial charge in [-0.2, -0.15) is 0 Å². The highest BCUT2D eigenvalue weighted by molar-refractivity contribution is 7.89. The molecule has 0 saturated carbocycles. The topological polar surface area (TPSA) is 95.5 Å². The van der Waals surface area contributed by atoms with Gasteiger partial charge in [-0.1, -0.05) is 0 Å². The molecule has 156 valence electrons. The Morgan fingerprint density at radius 3 is 2.43 bits per heavy atom. The fourth-order valence-corrected chi connectivity index (χ4v) is 6.08. The van der Waals surface area contributed by atoms with Crippen LogP contribution < -0.4 is 15.4 Å². The molecule has 0 saturated heterocycles. The zero-order valence-electron chi connectivity index (χ0n) is 17.0. The molecule has 0 unspecified atom stereocenters. The van der Waals surface area contributed by atoms with Gasteiger partial charge in [-0.25, -0.2) is 18.1 Å². The van der Waals surface area contributed by atoms with Gasteiger partial charge < -0.3 is 10.6 Å². The highest BCUT2D eigenvalue weighted by Gasteiger charge is 2.18. The third kappa shape index (κ3) is 6.54. The molecular weight excluding hydrogens is 414 g/mol. The van der Waals surface area contributed by atoms with Crippen molar-refractivity contribution in [2.75, 3.05) is 26.2 Å². The Labute approximate surface area is 175 Å². The van der Waals surface area contributed by atoms with E-state index in [1.807, 2.05) is 27.7 Å². The van der Waals surface area contributed by atoms with Crippen LogP contribution in [-0.2, 0) is 16.4 Å². The maximum atomic E-state index is 12.4. The summed E-state index contributed by atoms with van der Waals surface area (Å²) in [6.07, 6.45) is 0.827. The number of thiazole rings is 1. The third-order valence-corrected chi connectivity index (χ3v) is 7.82. The van der Waals surface area contributed by atoms with E-state index in [1.54, 1.807) is 17.4 Å². The van der Waals surface area contributed by atoms with E-state index in [2.05, 4.69) is 32.3 Å². The molecule has 0 fully saturated rings. The molecule has 0 aliphatic carbocycles. The number of thiophene rings is 1. The predicted molar refractivity (Wildman–Crippen MR) is 118 cm³/mol. The van der Waals surface area contributed by atoms with Gasteiger partial charge in [0.2, 0.25) is 10.0 Å². The fourth-order valence-electron chi connectivity index (χ4n) is 2.58. The Morgan fingerprint density at radius 2 is 1.86 bits per heavy atom. The van der Waals surface area contributed by atoms with Crippen LogP contribution in [-0.4, -0.2) is 45.5 Å². The summed E-state index contributed by atoms with van der Waals surface area (Å²) in [6.45, 7) is 11.9. The van der Waals surface area contributed by atoms with Gasteiger partial charge in [0.05, 0.1) is 22.1 Å². The third-order valence-electron chi connectivity index (χ3n) is 4.01. The Hall–Kier alpha value is -1.49. The van der Waals surface area contributed by atoms with Crippen molar-refractivity contribution >= 4 is 38.7 Å². The molecule has 3 N–H and O–H groups in total. The lowest BCUT2D eigenvalue weighted by Gasteiger charge is -2.11. The van der Waals surface area contributed by atoms with Crippen LogP contribution in [0.15, 0.2) is 16.0 Å². The first-order valence-corrected chi connectivity index (χ1v) is 12.4. The summed E-state index contributed by atoms with van der Waals surface area (Å²) in [7, 11) is -3.49. The fraction of sp³-hybridized carbons (Fsp3) is 0.556. The minimum absolute atomic E-state index is 0.248. The number of nitrogens with zero attached hydrogens (tertiary/aromatic N) is 2. The van der Waals surface area contributed by atoms with E-state index in [9.17, 15) is 8.42 Å².